The van der Waals surface area contributed by atoms with Gasteiger partial charge in [-0.15, -0.1) is 0 Å². The van der Waals surface area contributed by atoms with Gasteiger partial charge in [-0.3, -0.25) is 4.79 Å². The van der Waals surface area contributed by atoms with Crippen molar-refractivity contribution >= 4 is 15.9 Å². The van der Waals surface area contributed by atoms with Gasteiger partial charge in [0.05, 0.1) is 0 Å². The van der Waals surface area contributed by atoms with Gasteiger partial charge >= 0.3 is 0 Å². The van der Waals surface area contributed by atoms with E-state index in [1.807, 2.05) is 13.8 Å². The quantitative estimate of drug-likeness (QED) is 0.809. The molecule has 0 atom stereocenters. The molecule has 1 amide bonds. The number of halogens is 2. The van der Waals surface area contributed by atoms with E-state index in [4.69, 9.17) is 0 Å². The van der Waals surface area contributed by atoms with Crippen LogP contribution in [0.25, 0.3) is 0 Å². The Bertz CT molecular complexity index is 699. The Labute approximate surface area is 141 Å². The molecule has 1 fully saturated rings. The fourth-order valence-corrected chi connectivity index (χ4v) is 4.04. The van der Waals surface area contributed by atoms with Crippen LogP contribution in [0.1, 0.15) is 26.7 Å². The molecule has 5 nitrogen and oxygen atoms in total. The first-order valence-electron chi connectivity index (χ1n) is 7.95. The second-order valence-corrected chi connectivity index (χ2v) is 8.20. The monoisotopic (exact) mass is 360 g/mol. The molecule has 1 aromatic rings. The summed E-state index contributed by atoms with van der Waals surface area (Å²) in [4.78, 5) is 13.2. The number of nitrogens with zero attached hydrogens (tertiary/aromatic N) is 2. The molecular formula is C16H22F2N2O3S. The smallest absolute Gasteiger partial charge is 0.246 e. The maximum Gasteiger partial charge on any atom is 0.246 e. The predicted octanol–water partition coefficient (Wildman–Crippen LogP) is 2.23. The number of amides is 1. The summed E-state index contributed by atoms with van der Waals surface area (Å²) in [6.07, 6.45) is 1.23. The molecule has 1 aromatic carbocycles. The van der Waals surface area contributed by atoms with Crippen LogP contribution < -0.4 is 0 Å². The summed E-state index contributed by atoms with van der Waals surface area (Å²) < 4.78 is 52.8. The minimum absolute atomic E-state index is 0.00807. The van der Waals surface area contributed by atoms with Crippen molar-refractivity contribution < 1.29 is 22.0 Å². The van der Waals surface area contributed by atoms with Crippen molar-refractivity contribution in [2.24, 2.45) is 5.92 Å². The third-order valence-corrected chi connectivity index (χ3v) is 5.97. The molecule has 0 N–H and O–H groups in total. The molecule has 0 spiro atoms. The van der Waals surface area contributed by atoms with Crippen LogP contribution in [-0.4, -0.2) is 49.7 Å². The number of carbonyl (C=O) groups excluding carboxylic acids is 1. The first-order chi connectivity index (χ1) is 11.2. The molecule has 1 aliphatic heterocycles. The summed E-state index contributed by atoms with van der Waals surface area (Å²) in [6, 6.07) is 2.40. The highest BCUT2D eigenvalue weighted by molar-refractivity contribution is 7.89. The van der Waals surface area contributed by atoms with Crippen LogP contribution in [0.3, 0.4) is 0 Å². The van der Waals surface area contributed by atoms with E-state index in [0.717, 1.165) is 22.9 Å². The van der Waals surface area contributed by atoms with E-state index >= 15 is 0 Å². The van der Waals surface area contributed by atoms with Gasteiger partial charge in [-0.1, -0.05) is 13.8 Å². The molecule has 24 heavy (non-hydrogen) atoms. The largest absolute Gasteiger partial charge is 0.340 e. The summed E-state index contributed by atoms with van der Waals surface area (Å²) in [6.45, 7) is 4.83. The number of carbonyl (C=O) groups is 1. The molecule has 0 radical (unpaired) electrons. The van der Waals surface area contributed by atoms with Gasteiger partial charge in [0, 0.05) is 38.7 Å². The molecule has 1 saturated heterocycles. The Morgan fingerprint density at radius 3 is 2.33 bits per heavy atom. The summed E-state index contributed by atoms with van der Waals surface area (Å²) in [5.74, 6) is -1.50. The van der Waals surface area contributed by atoms with Crippen molar-refractivity contribution in [3.05, 3.63) is 29.8 Å². The second kappa shape index (κ2) is 7.57. The standard InChI is InChI=1S/C16H22F2N2O3S/c1-12(2)3-6-16(21)19-7-9-20(10-8-19)24(22,23)15-5-4-13(17)11-14(15)18/h4-5,11-12H,3,6-10H2,1-2H3. The Balaban J connectivity index is 2.02. The first-order valence-corrected chi connectivity index (χ1v) is 9.39. The van der Waals surface area contributed by atoms with Gasteiger partial charge in [-0.2, -0.15) is 4.31 Å². The van der Waals surface area contributed by atoms with Gasteiger partial charge in [0.25, 0.3) is 0 Å². The molecular weight excluding hydrogens is 338 g/mol. The number of sulfonamides is 1. The molecule has 134 valence electrons. The maximum absolute atomic E-state index is 13.8. The number of rotatable bonds is 5. The van der Waals surface area contributed by atoms with Crippen LogP contribution in [0.5, 0.6) is 0 Å². The summed E-state index contributed by atoms with van der Waals surface area (Å²) >= 11 is 0. The third-order valence-electron chi connectivity index (χ3n) is 4.04. The van der Waals surface area contributed by atoms with Crippen molar-refractivity contribution in [2.75, 3.05) is 26.2 Å². The molecule has 0 bridgehead atoms. The summed E-state index contributed by atoms with van der Waals surface area (Å²) in [5.41, 5.74) is 0. The highest BCUT2D eigenvalue weighted by atomic mass is 32.2. The lowest BCUT2D eigenvalue weighted by atomic mass is 10.1. The number of hydrogen-bond acceptors (Lipinski definition) is 3. The zero-order valence-corrected chi connectivity index (χ0v) is 14.7. The van der Waals surface area contributed by atoms with E-state index in [0.29, 0.717) is 18.4 Å². The van der Waals surface area contributed by atoms with Gasteiger partial charge < -0.3 is 4.90 Å². The minimum atomic E-state index is -4.03. The molecule has 0 saturated carbocycles. The molecule has 0 unspecified atom stereocenters. The van der Waals surface area contributed by atoms with Gasteiger partial charge in [0.2, 0.25) is 15.9 Å². The molecule has 1 aliphatic rings. The lowest BCUT2D eigenvalue weighted by Crippen LogP contribution is -2.50. The molecule has 0 aliphatic carbocycles. The van der Waals surface area contributed by atoms with E-state index in [1.165, 1.54) is 0 Å². The Morgan fingerprint density at radius 1 is 1.17 bits per heavy atom. The van der Waals surface area contributed by atoms with Crippen LogP contribution in [0.4, 0.5) is 8.78 Å². The number of benzene rings is 1. The lowest BCUT2D eigenvalue weighted by Gasteiger charge is -2.34. The Morgan fingerprint density at radius 2 is 1.79 bits per heavy atom. The van der Waals surface area contributed by atoms with Gasteiger partial charge in [-0.05, 0) is 24.5 Å². The van der Waals surface area contributed by atoms with Crippen molar-refractivity contribution in [3.63, 3.8) is 0 Å². The second-order valence-electron chi connectivity index (χ2n) is 6.29. The molecule has 2 rings (SSSR count). The van der Waals surface area contributed by atoms with Crippen LogP contribution in [0, 0.1) is 17.6 Å². The summed E-state index contributed by atoms with van der Waals surface area (Å²) in [7, 11) is -4.03. The zero-order chi connectivity index (χ0) is 17.9. The highest BCUT2D eigenvalue weighted by Gasteiger charge is 2.31. The molecule has 1 heterocycles. The Hall–Kier alpha value is -1.54. The fraction of sp³-hybridized carbons (Fsp3) is 0.562. The van der Waals surface area contributed by atoms with Crippen LogP contribution in [-0.2, 0) is 14.8 Å². The maximum atomic E-state index is 13.8. The topological polar surface area (TPSA) is 57.7 Å². The van der Waals surface area contributed by atoms with Crippen molar-refractivity contribution in [1.82, 2.24) is 9.21 Å². The van der Waals surface area contributed by atoms with Gasteiger partial charge in [0.1, 0.15) is 16.5 Å². The van der Waals surface area contributed by atoms with Crippen molar-refractivity contribution in [2.45, 2.75) is 31.6 Å². The normalized spacial score (nSPS) is 16.6. The highest BCUT2D eigenvalue weighted by Crippen LogP contribution is 2.21. The molecule has 8 heteroatoms. The predicted molar refractivity (Wildman–Crippen MR) is 85.8 cm³/mol. The van der Waals surface area contributed by atoms with E-state index < -0.39 is 26.6 Å². The first kappa shape index (κ1) is 18.8. The average molecular weight is 360 g/mol. The average Bonchev–Trinajstić information content (AvgIpc) is 2.52. The zero-order valence-electron chi connectivity index (χ0n) is 13.8. The van der Waals surface area contributed by atoms with Gasteiger partial charge in [0.15, 0.2) is 0 Å². The van der Waals surface area contributed by atoms with Crippen LogP contribution >= 0.6 is 0 Å². The van der Waals surface area contributed by atoms with Gasteiger partial charge in [-0.25, -0.2) is 17.2 Å². The van der Waals surface area contributed by atoms with Crippen molar-refractivity contribution in [3.8, 4) is 0 Å². The third kappa shape index (κ3) is 4.30. The van der Waals surface area contributed by atoms with E-state index in [-0.39, 0.29) is 32.1 Å². The number of piperazine rings is 1. The Kier molecular flexibility index (Phi) is 5.92. The van der Waals surface area contributed by atoms with E-state index in [2.05, 4.69) is 0 Å². The van der Waals surface area contributed by atoms with Crippen LogP contribution in [0.2, 0.25) is 0 Å². The summed E-state index contributed by atoms with van der Waals surface area (Å²) in [5, 5.41) is 0. The SMILES string of the molecule is CC(C)CCC(=O)N1CCN(S(=O)(=O)c2ccc(F)cc2F)CC1. The van der Waals surface area contributed by atoms with E-state index in [1.54, 1.807) is 4.90 Å². The number of hydrogen-bond donors (Lipinski definition) is 0. The van der Waals surface area contributed by atoms with Crippen molar-refractivity contribution in [1.29, 1.82) is 0 Å². The fourth-order valence-electron chi connectivity index (χ4n) is 2.57. The van der Waals surface area contributed by atoms with E-state index in [9.17, 15) is 22.0 Å². The van der Waals surface area contributed by atoms with Crippen LogP contribution in [0.15, 0.2) is 23.1 Å². The minimum Gasteiger partial charge on any atom is -0.340 e. The molecule has 0 aromatic heterocycles. The lowest BCUT2D eigenvalue weighted by molar-refractivity contribution is -0.132.